The van der Waals surface area contributed by atoms with Gasteiger partial charge in [-0.05, 0) is 45.1 Å². The van der Waals surface area contributed by atoms with Crippen LogP contribution < -0.4 is 10.6 Å². The average Bonchev–Trinajstić information content (AvgIpc) is 2.38. The van der Waals surface area contributed by atoms with Crippen LogP contribution in [0.3, 0.4) is 0 Å². The number of nitrogens with zero attached hydrogens (tertiary/aromatic N) is 2. The number of hydrogen-bond acceptors (Lipinski definition) is 3. The first-order chi connectivity index (χ1) is 8.99. The topological polar surface area (TPSA) is 56.4 Å². The van der Waals surface area contributed by atoms with E-state index in [0.717, 1.165) is 37.2 Å². The molecule has 4 nitrogen and oxygen atoms in total. The van der Waals surface area contributed by atoms with E-state index < -0.39 is 0 Å². The maximum absolute atomic E-state index is 7.67. The molecule has 5 heteroatoms. The van der Waals surface area contributed by atoms with Gasteiger partial charge >= 0.3 is 0 Å². The molecule has 0 aromatic heterocycles. The SMILES string of the molecule is CN(C)C1CCN(c2cc(Cl)ccc2C(=N)N)CC1. The van der Waals surface area contributed by atoms with Crippen molar-refractivity contribution in [2.45, 2.75) is 18.9 Å². The number of amidine groups is 1. The normalized spacial score (nSPS) is 16.9. The van der Waals surface area contributed by atoms with Crippen LogP contribution in [0, 0.1) is 5.41 Å². The van der Waals surface area contributed by atoms with E-state index in [-0.39, 0.29) is 5.84 Å². The van der Waals surface area contributed by atoms with Gasteiger partial charge in [0, 0.05) is 35.4 Å². The molecule has 1 aromatic carbocycles. The monoisotopic (exact) mass is 280 g/mol. The molecule has 3 N–H and O–H groups in total. The summed E-state index contributed by atoms with van der Waals surface area (Å²) in [6.45, 7) is 1.95. The van der Waals surface area contributed by atoms with Crippen molar-refractivity contribution in [3.05, 3.63) is 28.8 Å². The van der Waals surface area contributed by atoms with E-state index in [2.05, 4.69) is 23.9 Å². The lowest BCUT2D eigenvalue weighted by molar-refractivity contribution is 0.249. The molecule has 0 atom stereocenters. The van der Waals surface area contributed by atoms with Gasteiger partial charge in [0.2, 0.25) is 0 Å². The molecule has 19 heavy (non-hydrogen) atoms. The molecule has 0 aliphatic carbocycles. The fourth-order valence-electron chi connectivity index (χ4n) is 2.62. The van der Waals surface area contributed by atoms with Crippen molar-refractivity contribution < 1.29 is 0 Å². The lowest BCUT2D eigenvalue weighted by atomic mass is 10.0. The minimum absolute atomic E-state index is 0.0985. The molecule has 0 spiro atoms. The molecular formula is C14H21ClN4. The first kappa shape index (κ1) is 14.2. The van der Waals surface area contributed by atoms with Crippen LogP contribution in [0.25, 0.3) is 0 Å². The van der Waals surface area contributed by atoms with Gasteiger partial charge in [-0.2, -0.15) is 0 Å². The van der Waals surface area contributed by atoms with Gasteiger partial charge in [-0.1, -0.05) is 11.6 Å². The first-order valence-electron chi connectivity index (χ1n) is 6.54. The molecule has 0 unspecified atom stereocenters. The summed E-state index contributed by atoms with van der Waals surface area (Å²) in [6, 6.07) is 6.16. The zero-order chi connectivity index (χ0) is 14.0. The summed E-state index contributed by atoms with van der Waals surface area (Å²) in [7, 11) is 4.25. The Morgan fingerprint density at radius 2 is 2.00 bits per heavy atom. The minimum atomic E-state index is 0.0985. The molecule has 1 heterocycles. The zero-order valence-corrected chi connectivity index (χ0v) is 12.2. The van der Waals surface area contributed by atoms with Gasteiger partial charge in [-0.15, -0.1) is 0 Å². The largest absolute Gasteiger partial charge is 0.384 e. The van der Waals surface area contributed by atoms with Crippen LogP contribution >= 0.6 is 11.6 Å². The van der Waals surface area contributed by atoms with E-state index in [1.807, 2.05) is 12.1 Å². The fraction of sp³-hybridized carbons (Fsp3) is 0.500. The van der Waals surface area contributed by atoms with Crippen LogP contribution in [0.5, 0.6) is 0 Å². The third-order valence-electron chi connectivity index (χ3n) is 3.79. The molecule has 2 rings (SSSR count). The molecule has 0 saturated carbocycles. The maximum Gasteiger partial charge on any atom is 0.124 e. The number of nitrogens with one attached hydrogen (secondary N) is 1. The summed E-state index contributed by atoms with van der Waals surface area (Å²) in [5, 5.41) is 8.36. The molecule has 1 aromatic rings. The quantitative estimate of drug-likeness (QED) is 0.659. The van der Waals surface area contributed by atoms with Gasteiger partial charge in [0.05, 0.1) is 0 Å². The number of anilines is 1. The van der Waals surface area contributed by atoms with E-state index >= 15 is 0 Å². The van der Waals surface area contributed by atoms with Crippen molar-refractivity contribution in [1.82, 2.24) is 4.90 Å². The van der Waals surface area contributed by atoms with Crippen LogP contribution in [0.15, 0.2) is 18.2 Å². The minimum Gasteiger partial charge on any atom is -0.384 e. The molecule has 0 radical (unpaired) electrons. The molecule has 0 amide bonds. The van der Waals surface area contributed by atoms with Crippen LogP contribution in [0.2, 0.25) is 5.02 Å². The van der Waals surface area contributed by atoms with Gasteiger partial charge in [0.1, 0.15) is 5.84 Å². The highest BCUT2D eigenvalue weighted by atomic mass is 35.5. The Morgan fingerprint density at radius 1 is 1.37 bits per heavy atom. The Morgan fingerprint density at radius 3 is 2.53 bits per heavy atom. The van der Waals surface area contributed by atoms with Gasteiger partial charge in [-0.3, -0.25) is 5.41 Å². The highest BCUT2D eigenvalue weighted by Crippen LogP contribution is 2.28. The van der Waals surface area contributed by atoms with E-state index in [1.54, 1.807) is 6.07 Å². The summed E-state index contributed by atoms with van der Waals surface area (Å²) in [5.74, 6) is 0.0985. The second-order valence-electron chi connectivity index (χ2n) is 5.26. The summed E-state index contributed by atoms with van der Waals surface area (Å²) < 4.78 is 0. The van der Waals surface area contributed by atoms with Crippen molar-refractivity contribution in [2.24, 2.45) is 5.73 Å². The standard InChI is InChI=1S/C14H21ClN4/c1-18(2)11-5-7-19(8-6-11)13-9-10(15)3-4-12(13)14(16)17/h3-4,9,11H,5-8H2,1-2H3,(H3,16,17). The summed E-state index contributed by atoms with van der Waals surface area (Å²) in [5.41, 5.74) is 7.41. The highest BCUT2D eigenvalue weighted by Gasteiger charge is 2.22. The zero-order valence-electron chi connectivity index (χ0n) is 11.5. The molecular weight excluding hydrogens is 260 g/mol. The molecule has 1 fully saturated rings. The van der Waals surface area contributed by atoms with Crippen LogP contribution in [-0.2, 0) is 0 Å². The van der Waals surface area contributed by atoms with Crippen molar-refractivity contribution in [2.75, 3.05) is 32.1 Å². The predicted octanol–water partition coefficient (Wildman–Crippen LogP) is 2.15. The number of hydrogen-bond donors (Lipinski definition) is 2. The van der Waals surface area contributed by atoms with Gasteiger partial charge in [0.15, 0.2) is 0 Å². The Labute approximate surface area is 119 Å². The molecule has 1 saturated heterocycles. The summed E-state index contributed by atoms with van der Waals surface area (Å²) in [4.78, 5) is 4.56. The number of nitrogens with two attached hydrogens (primary N) is 1. The second kappa shape index (κ2) is 5.80. The molecule has 104 valence electrons. The van der Waals surface area contributed by atoms with E-state index in [1.165, 1.54) is 0 Å². The maximum atomic E-state index is 7.67. The number of piperidine rings is 1. The van der Waals surface area contributed by atoms with Crippen molar-refractivity contribution >= 4 is 23.1 Å². The Balaban J connectivity index is 2.19. The average molecular weight is 281 g/mol. The van der Waals surface area contributed by atoms with Crippen LogP contribution in [0.4, 0.5) is 5.69 Å². The van der Waals surface area contributed by atoms with Crippen molar-refractivity contribution in [3.8, 4) is 0 Å². The van der Waals surface area contributed by atoms with Gasteiger partial charge < -0.3 is 15.5 Å². The van der Waals surface area contributed by atoms with Gasteiger partial charge in [0.25, 0.3) is 0 Å². The lowest BCUT2D eigenvalue weighted by Crippen LogP contribution is -2.42. The van der Waals surface area contributed by atoms with Gasteiger partial charge in [-0.25, -0.2) is 0 Å². The third-order valence-corrected chi connectivity index (χ3v) is 4.02. The highest BCUT2D eigenvalue weighted by molar-refractivity contribution is 6.31. The van der Waals surface area contributed by atoms with Crippen molar-refractivity contribution in [3.63, 3.8) is 0 Å². The number of nitrogen functional groups attached to an aromatic ring is 1. The second-order valence-corrected chi connectivity index (χ2v) is 5.69. The van der Waals surface area contributed by atoms with E-state index in [9.17, 15) is 0 Å². The predicted molar refractivity (Wildman–Crippen MR) is 81.4 cm³/mol. The molecule has 1 aliphatic heterocycles. The Bertz CT molecular complexity index is 465. The first-order valence-corrected chi connectivity index (χ1v) is 6.92. The Hall–Kier alpha value is -1.26. The van der Waals surface area contributed by atoms with Crippen molar-refractivity contribution in [1.29, 1.82) is 5.41 Å². The molecule has 0 bridgehead atoms. The summed E-state index contributed by atoms with van der Waals surface area (Å²) >= 11 is 6.07. The fourth-order valence-corrected chi connectivity index (χ4v) is 2.78. The van der Waals surface area contributed by atoms with E-state index in [0.29, 0.717) is 11.1 Å². The number of benzene rings is 1. The Kier molecular flexibility index (Phi) is 4.32. The summed E-state index contributed by atoms with van der Waals surface area (Å²) in [6.07, 6.45) is 2.24. The van der Waals surface area contributed by atoms with E-state index in [4.69, 9.17) is 22.7 Å². The van der Waals surface area contributed by atoms with Crippen LogP contribution in [-0.4, -0.2) is 44.0 Å². The number of halogens is 1. The number of rotatable bonds is 3. The van der Waals surface area contributed by atoms with Crippen LogP contribution in [0.1, 0.15) is 18.4 Å². The smallest absolute Gasteiger partial charge is 0.124 e. The molecule has 1 aliphatic rings. The third kappa shape index (κ3) is 3.19. The lowest BCUT2D eigenvalue weighted by Gasteiger charge is -2.37.